The van der Waals surface area contributed by atoms with Gasteiger partial charge in [0.2, 0.25) is 0 Å². The van der Waals surface area contributed by atoms with Crippen LogP contribution in [0.4, 0.5) is 0 Å². The summed E-state index contributed by atoms with van der Waals surface area (Å²) in [6, 6.07) is 0. The highest BCUT2D eigenvalue weighted by Crippen LogP contribution is 2.15. The minimum absolute atomic E-state index is 0.114. The molecule has 0 N–H and O–H groups in total. The Bertz CT molecular complexity index is 510. The van der Waals surface area contributed by atoms with Crippen LogP contribution in [0.1, 0.15) is 71.1 Å². The molecular weight excluding hydrogens is 324 g/mol. The van der Waals surface area contributed by atoms with E-state index in [1.807, 2.05) is 13.0 Å². The number of nitrogens with zero attached hydrogens (tertiary/aromatic N) is 2. The maximum absolute atomic E-state index is 11.1. The molecule has 140 valence electrons. The minimum Gasteiger partial charge on any atom is -0.303 e. The van der Waals surface area contributed by atoms with Gasteiger partial charge in [-0.2, -0.15) is 0 Å². The number of rotatable bonds is 15. The van der Waals surface area contributed by atoms with Crippen LogP contribution in [0, 0.1) is 20.2 Å². The van der Waals surface area contributed by atoms with E-state index >= 15 is 0 Å². The molecule has 7 heteroatoms. The second kappa shape index (κ2) is 15.2. The van der Waals surface area contributed by atoms with Crippen LogP contribution in [-0.4, -0.2) is 16.1 Å². The van der Waals surface area contributed by atoms with E-state index in [2.05, 4.69) is 0 Å². The summed E-state index contributed by atoms with van der Waals surface area (Å²) < 4.78 is 0. The third-order valence-electron chi connectivity index (χ3n) is 3.62. The van der Waals surface area contributed by atoms with Crippen LogP contribution in [0.2, 0.25) is 0 Å². The zero-order chi connectivity index (χ0) is 18.9. The summed E-state index contributed by atoms with van der Waals surface area (Å²) in [5.74, 6) is 0. The van der Waals surface area contributed by atoms with E-state index in [9.17, 15) is 25.0 Å². The predicted molar refractivity (Wildman–Crippen MR) is 97.2 cm³/mol. The molecule has 0 spiro atoms. The van der Waals surface area contributed by atoms with Crippen LogP contribution in [0.3, 0.4) is 0 Å². The van der Waals surface area contributed by atoms with E-state index in [4.69, 9.17) is 0 Å². The Balaban J connectivity index is 4.58. The summed E-state index contributed by atoms with van der Waals surface area (Å²) in [7, 11) is 0. The van der Waals surface area contributed by atoms with Crippen molar-refractivity contribution in [2.75, 3.05) is 0 Å². The summed E-state index contributed by atoms with van der Waals surface area (Å²) >= 11 is 0. The molecule has 0 fully saturated rings. The fourth-order valence-corrected chi connectivity index (χ4v) is 2.18. The lowest BCUT2D eigenvalue weighted by molar-refractivity contribution is -0.450. The van der Waals surface area contributed by atoms with Gasteiger partial charge < -0.3 is 4.79 Å². The van der Waals surface area contributed by atoms with Gasteiger partial charge >= 0.3 is 0 Å². The van der Waals surface area contributed by atoms with Crippen LogP contribution < -0.4 is 0 Å². The number of hydrogen-bond donors (Lipinski definition) is 0. The summed E-state index contributed by atoms with van der Waals surface area (Å²) in [6.45, 7) is 2.04. The molecule has 0 saturated carbocycles. The molecule has 25 heavy (non-hydrogen) atoms. The minimum atomic E-state index is -0.554. The van der Waals surface area contributed by atoms with Crippen LogP contribution >= 0.6 is 0 Å². The number of aldehydes is 1. The molecule has 0 aromatic carbocycles. The van der Waals surface area contributed by atoms with Crippen molar-refractivity contribution in [1.82, 2.24) is 0 Å². The van der Waals surface area contributed by atoms with Gasteiger partial charge in [-0.25, -0.2) is 0 Å². The lowest BCUT2D eigenvalue weighted by Gasteiger charge is -1.99. The SMILES string of the molecule is CCCCC/C=C(/C/C(=C/C/C=C/CCCCC=O)[N+](=O)[O-])[N+](=O)[O-]. The Morgan fingerprint density at radius 1 is 0.840 bits per heavy atom. The molecule has 0 unspecified atom stereocenters. The summed E-state index contributed by atoms with van der Waals surface area (Å²) in [5, 5.41) is 22.2. The highest BCUT2D eigenvalue weighted by molar-refractivity contribution is 5.48. The third kappa shape index (κ3) is 12.7. The second-order valence-electron chi connectivity index (χ2n) is 5.74. The first-order chi connectivity index (χ1) is 12.0. The van der Waals surface area contributed by atoms with Crippen molar-refractivity contribution in [3.05, 3.63) is 55.9 Å². The molecular formula is C18H28N2O5. The molecule has 0 aromatic heterocycles. The summed E-state index contributed by atoms with van der Waals surface area (Å²) in [5.41, 5.74) is -0.263. The molecule has 0 saturated heterocycles. The molecule has 0 heterocycles. The predicted octanol–water partition coefficient (Wildman–Crippen LogP) is 4.98. The highest BCUT2D eigenvalue weighted by Gasteiger charge is 2.20. The van der Waals surface area contributed by atoms with E-state index < -0.39 is 9.85 Å². The lowest BCUT2D eigenvalue weighted by Crippen LogP contribution is -2.06. The molecule has 0 atom stereocenters. The molecule has 0 aliphatic carbocycles. The number of nitro groups is 2. The lowest BCUT2D eigenvalue weighted by atomic mass is 10.1. The fraction of sp³-hybridized carbons (Fsp3) is 0.611. The quantitative estimate of drug-likeness (QED) is 0.136. The molecule has 0 amide bonds. The Labute approximate surface area is 148 Å². The number of hydrogen-bond acceptors (Lipinski definition) is 5. The standard InChI is InChI=1S/C18H28N2O5/c1-2-3-4-10-13-17(19(22)23)16-18(20(24)25)14-11-8-6-5-7-9-12-15-21/h6,8,13-15H,2-5,7,9-12,16H2,1H3/b8-6+,17-13-,18-14-. The van der Waals surface area contributed by atoms with Crippen molar-refractivity contribution in [1.29, 1.82) is 0 Å². The molecule has 0 aliphatic heterocycles. The number of carbonyl (C=O) groups is 1. The third-order valence-corrected chi connectivity index (χ3v) is 3.62. The first-order valence-electron chi connectivity index (χ1n) is 8.78. The van der Waals surface area contributed by atoms with E-state index in [1.54, 1.807) is 6.08 Å². The number of carbonyl (C=O) groups excluding carboxylic acids is 1. The molecule has 0 aromatic rings. The van der Waals surface area contributed by atoms with Crippen molar-refractivity contribution in [3.63, 3.8) is 0 Å². The highest BCUT2D eigenvalue weighted by atomic mass is 16.6. The van der Waals surface area contributed by atoms with Crippen molar-refractivity contribution in [2.24, 2.45) is 0 Å². The van der Waals surface area contributed by atoms with Crippen LogP contribution in [-0.2, 0) is 4.79 Å². The second-order valence-corrected chi connectivity index (χ2v) is 5.74. The Hall–Kier alpha value is -2.31. The van der Waals surface area contributed by atoms with Crippen molar-refractivity contribution in [2.45, 2.75) is 71.1 Å². The summed E-state index contributed by atoms with van der Waals surface area (Å²) in [4.78, 5) is 31.3. The maximum atomic E-state index is 11.1. The van der Waals surface area contributed by atoms with Crippen molar-refractivity contribution < 1.29 is 14.6 Å². The first kappa shape index (κ1) is 22.7. The molecule has 0 radical (unpaired) electrons. The molecule has 0 bridgehead atoms. The average molecular weight is 352 g/mol. The maximum Gasteiger partial charge on any atom is 0.253 e. The van der Waals surface area contributed by atoms with Gasteiger partial charge in [0.1, 0.15) is 12.7 Å². The van der Waals surface area contributed by atoms with E-state index in [0.717, 1.165) is 44.8 Å². The monoisotopic (exact) mass is 352 g/mol. The van der Waals surface area contributed by atoms with Gasteiger partial charge in [0.15, 0.2) is 0 Å². The number of allylic oxidation sites excluding steroid dienone is 4. The van der Waals surface area contributed by atoms with Crippen LogP contribution in [0.5, 0.6) is 0 Å². The van der Waals surface area contributed by atoms with E-state index in [0.29, 0.717) is 19.3 Å². The summed E-state index contributed by atoms with van der Waals surface area (Å²) in [6.07, 6.45) is 14.1. The Morgan fingerprint density at radius 3 is 2.04 bits per heavy atom. The zero-order valence-corrected chi connectivity index (χ0v) is 14.9. The van der Waals surface area contributed by atoms with E-state index in [-0.39, 0.29) is 17.8 Å². The molecule has 0 aliphatic rings. The Morgan fingerprint density at radius 2 is 1.44 bits per heavy atom. The van der Waals surface area contributed by atoms with Gasteiger partial charge in [-0.05, 0) is 50.7 Å². The van der Waals surface area contributed by atoms with Gasteiger partial charge in [0.05, 0.1) is 9.85 Å². The fourth-order valence-electron chi connectivity index (χ4n) is 2.18. The number of unbranched alkanes of at least 4 members (excludes halogenated alkanes) is 6. The molecule has 7 nitrogen and oxygen atoms in total. The van der Waals surface area contributed by atoms with Crippen molar-refractivity contribution >= 4 is 6.29 Å². The van der Waals surface area contributed by atoms with Gasteiger partial charge in [-0.15, -0.1) is 0 Å². The largest absolute Gasteiger partial charge is 0.303 e. The van der Waals surface area contributed by atoms with E-state index in [1.165, 1.54) is 12.2 Å². The van der Waals surface area contributed by atoms with Gasteiger partial charge in [-0.1, -0.05) is 31.9 Å². The average Bonchev–Trinajstić information content (AvgIpc) is 2.57. The molecule has 0 rings (SSSR count). The Kier molecular flexibility index (Phi) is 13.8. The smallest absolute Gasteiger partial charge is 0.253 e. The van der Waals surface area contributed by atoms with Crippen LogP contribution in [0.25, 0.3) is 0 Å². The van der Waals surface area contributed by atoms with Crippen molar-refractivity contribution in [3.8, 4) is 0 Å². The normalized spacial score (nSPS) is 12.5. The van der Waals surface area contributed by atoms with Gasteiger partial charge in [0, 0.05) is 6.42 Å². The topological polar surface area (TPSA) is 103 Å². The van der Waals surface area contributed by atoms with Gasteiger partial charge in [-0.3, -0.25) is 20.2 Å². The van der Waals surface area contributed by atoms with Crippen LogP contribution in [0.15, 0.2) is 35.7 Å². The zero-order valence-electron chi connectivity index (χ0n) is 14.9. The first-order valence-corrected chi connectivity index (χ1v) is 8.78. The van der Waals surface area contributed by atoms with Gasteiger partial charge in [0.25, 0.3) is 11.4 Å².